The van der Waals surface area contributed by atoms with E-state index in [9.17, 15) is 5.11 Å². The van der Waals surface area contributed by atoms with Crippen molar-refractivity contribution < 1.29 is 9.84 Å². The van der Waals surface area contributed by atoms with Gasteiger partial charge in [-0.15, -0.1) is 0 Å². The van der Waals surface area contributed by atoms with Crippen molar-refractivity contribution in [2.45, 2.75) is 32.9 Å². The number of phenolic OH excluding ortho intramolecular Hbond substituents is 1. The molecule has 3 nitrogen and oxygen atoms in total. The number of anilines is 1. The number of hydrogen-bond acceptors (Lipinski definition) is 3. The van der Waals surface area contributed by atoms with Crippen LogP contribution in [0.4, 0.5) is 5.69 Å². The predicted octanol–water partition coefficient (Wildman–Crippen LogP) is 4.49. The zero-order valence-corrected chi connectivity index (χ0v) is 12.7. The van der Waals surface area contributed by atoms with E-state index in [0.29, 0.717) is 19.0 Å². The molecule has 0 aliphatic carbocycles. The van der Waals surface area contributed by atoms with Crippen LogP contribution in [0.1, 0.15) is 37.4 Å². The number of hydrogen-bond donors (Lipinski definition) is 2. The number of para-hydroxylation sites is 2. The van der Waals surface area contributed by atoms with Gasteiger partial charge in [0.05, 0.1) is 12.6 Å². The maximum absolute atomic E-state index is 10.0. The van der Waals surface area contributed by atoms with E-state index in [4.69, 9.17) is 4.74 Å². The van der Waals surface area contributed by atoms with Crippen LogP contribution in [-0.2, 0) is 11.3 Å². The minimum absolute atomic E-state index is 0.0778. The van der Waals surface area contributed by atoms with Crippen LogP contribution < -0.4 is 5.32 Å². The Labute approximate surface area is 126 Å². The largest absolute Gasteiger partial charge is 0.508 e. The van der Waals surface area contributed by atoms with Crippen LogP contribution >= 0.6 is 0 Å². The lowest BCUT2D eigenvalue weighted by molar-refractivity contribution is 0.134. The first kappa shape index (κ1) is 15.4. The van der Waals surface area contributed by atoms with E-state index in [1.165, 1.54) is 0 Å². The molecule has 2 aromatic rings. The van der Waals surface area contributed by atoms with Crippen molar-refractivity contribution >= 4 is 5.69 Å². The van der Waals surface area contributed by atoms with Crippen molar-refractivity contribution in [3.05, 3.63) is 59.7 Å². The van der Waals surface area contributed by atoms with Crippen molar-refractivity contribution in [1.82, 2.24) is 0 Å². The van der Waals surface area contributed by atoms with E-state index >= 15 is 0 Å². The average Bonchev–Trinajstić information content (AvgIpc) is 2.52. The lowest BCUT2D eigenvalue weighted by atomic mass is 10.0. The monoisotopic (exact) mass is 285 g/mol. The summed E-state index contributed by atoms with van der Waals surface area (Å²) >= 11 is 0. The van der Waals surface area contributed by atoms with Crippen molar-refractivity contribution in [2.24, 2.45) is 0 Å². The summed E-state index contributed by atoms with van der Waals surface area (Å²) in [7, 11) is 0. The molecule has 0 fully saturated rings. The van der Waals surface area contributed by atoms with Gasteiger partial charge >= 0.3 is 0 Å². The highest BCUT2D eigenvalue weighted by Crippen LogP contribution is 2.30. The van der Waals surface area contributed by atoms with Crippen LogP contribution in [-0.4, -0.2) is 11.7 Å². The highest BCUT2D eigenvalue weighted by atomic mass is 16.5. The zero-order chi connectivity index (χ0) is 15.1. The number of rotatable bonds is 7. The third kappa shape index (κ3) is 3.99. The Bertz CT molecular complexity index is 569. The molecule has 1 unspecified atom stereocenters. The quantitative estimate of drug-likeness (QED) is 0.787. The molecule has 0 amide bonds. The van der Waals surface area contributed by atoms with Gasteiger partial charge in [0.15, 0.2) is 0 Å². The lowest BCUT2D eigenvalue weighted by Gasteiger charge is -2.21. The van der Waals surface area contributed by atoms with Crippen LogP contribution in [0.3, 0.4) is 0 Å². The Balaban J connectivity index is 2.21. The molecule has 0 saturated heterocycles. The van der Waals surface area contributed by atoms with E-state index in [0.717, 1.165) is 23.2 Å². The van der Waals surface area contributed by atoms with E-state index in [-0.39, 0.29) is 6.04 Å². The molecule has 0 radical (unpaired) electrons. The van der Waals surface area contributed by atoms with Crippen LogP contribution in [0.5, 0.6) is 5.75 Å². The molecule has 0 heterocycles. The van der Waals surface area contributed by atoms with Gasteiger partial charge in [-0.2, -0.15) is 0 Å². The number of benzene rings is 2. The van der Waals surface area contributed by atoms with Crippen LogP contribution in [0.15, 0.2) is 48.5 Å². The molecule has 2 N–H and O–H groups in total. The molecule has 21 heavy (non-hydrogen) atoms. The highest BCUT2D eigenvalue weighted by Gasteiger charge is 2.14. The molecule has 0 aliphatic heterocycles. The lowest BCUT2D eigenvalue weighted by Crippen LogP contribution is -2.11. The molecule has 112 valence electrons. The predicted molar refractivity (Wildman–Crippen MR) is 86.5 cm³/mol. The third-order valence-electron chi connectivity index (χ3n) is 3.53. The second kappa shape index (κ2) is 7.70. The molecule has 3 heteroatoms. The number of aromatic hydroxyl groups is 1. The first-order chi connectivity index (χ1) is 10.3. The van der Waals surface area contributed by atoms with Gasteiger partial charge in [-0.1, -0.05) is 43.3 Å². The van der Waals surface area contributed by atoms with Crippen molar-refractivity contribution in [2.75, 3.05) is 11.9 Å². The molecule has 0 saturated carbocycles. The summed E-state index contributed by atoms with van der Waals surface area (Å²) < 4.78 is 5.52. The SMILES string of the molecule is CCOCc1ccccc1NC(CC)c1ccccc1O. The summed E-state index contributed by atoms with van der Waals surface area (Å²) in [6, 6.07) is 15.7. The highest BCUT2D eigenvalue weighted by molar-refractivity contribution is 5.53. The fourth-order valence-electron chi connectivity index (χ4n) is 2.37. The van der Waals surface area contributed by atoms with Crippen LogP contribution in [0, 0.1) is 0 Å². The molecule has 2 aromatic carbocycles. The second-order valence-electron chi connectivity index (χ2n) is 4.96. The number of nitrogens with one attached hydrogen (secondary N) is 1. The van der Waals surface area contributed by atoms with Gasteiger partial charge in [-0.3, -0.25) is 0 Å². The Hall–Kier alpha value is -2.00. The van der Waals surface area contributed by atoms with Crippen LogP contribution in [0.25, 0.3) is 0 Å². The first-order valence-electron chi connectivity index (χ1n) is 7.46. The maximum Gasteiger partial charge on any atom is 0.120 e. The summed E-state index contributed by atoms with van der Waals surface area (Å²) in [5.74, 6) is 0.333. The van der Waals surface area contributed by atoms with E-state index in [1.807, 2.05) is 37.3 Å². The Morgan fingerprint density at radius 2 is 1.76 bits per heavy atom. The van der Waals surface area contributed by atoms with Crippen LogP contribution in [0.2, 0.25) is 0 Å². The fraction of sp³-hybridized carbons (Fsp3) is 0.333. The topological polar surface area (TPSA) is 41.5 Å². The van der Waals surface area contributed by atoms with Gasteiger partial charge in [0, 0.05) is 23.4 Å². The van der Waals surface area contributed by atoms with E-state index in [1.54, 1.807) is 6.07 Å². The Morgan fingerprint density at radius 1 is 1.05 bits per heavy atom. The summed E-state index contributed by atoms with van der Waals surface area (Å²) in [5, 5.41) is 13.6. The van der Waals surface area contributed by atoms with Gasteiger partial charge in [0.2, 0.25) is 0 Å². The summed E-state index contributed by atoms with van der Waals surface area (Å²) in [6.45, 7) is 5.39. The molecule has 0 aliphatic rings. The summed E-state index contributed by atoms with van der Waals surface area (Å²) in [6.07, 6.45) is 0.889. The number of phenols is 1. The van der Waals surface area contributed by atoms with Gasteiger partial charge in [-0.25, -0.2) is 0 Å². The van der Waals surface area contributed by atoms with Crippen molar-refractivity contribution in [3.8, 4) is 5.75 Å². The fourth-order valence-corrected chi connectivity index (χ4v) is 2.37. The smallest absolute Gasteiger partial charge is 0.120 e. The minimum Gasteiger partial charge on any atom is -0.508 e. The van der Waals surface area contributed by atoms with Gasteiger partial charge in [0.25, 0.3) is 0 Å². The van der Waals surface area contributed by atoms with E-state index < -0.39 is 0 Å². The average molecular weight is 285 g/mol. The zero-order valence-electron chi connectivity index (χ0n) is 12.7. The third-order valence-corrected chi connectivity index (χ3v) is 3.53. The van der Waals surface area contributed by atoms with Gasteiger partial charge < -0.3 is 15.2 Å². The molecule has 0 aromatic heterocycles. The number of ether oxygens (including phenoxy) is 1. The summed E-state index contributed by atoms with van der Waals surface area (Å²) in [4.78, 5) is 0. The first-order valence-corrected chi connectivity index (χ1v) is 7.46. The van der Waals surface area contributed by atoms with E-state index in [2.05, 4.69) is 24.4 Å². The molecular formula is C18H23NO2. The van der Waals surface area contributed by atoms with Gasteiger partial charge in [-0.05, 0) is 25.5 Å². The molecule has 0 spiro atoms. The summed E-state index contributed by atoms with van der Waals surface area (Å²) in [5.41, 5.74) is 3.11. The van der Waals surface area contributed by atoms with Crippen molar-refractivity contribution in [3.63, 3.8) is 0 Å². The molecular weight excluding hydrogens is 262 g/mol. The standard InChI is InChI=1S/C18H23NO2/c1-3-16(15-10-6-8-12-18(15)20)19-17-11-7-5-9-14(17)13-21-4-2/h5-12,16,19-20H,3-4,13H2,1-2H3. The normalized spacial score (nSPS) is 12.1. The molecule has 2 rings (SSSR count). The van der Waals surface area contributed by atoms with Crippen molar-refractivity contribution in [1.29, 1.82) is 0 Å². The Kier molecular flexibility index (Phi) is 5.64. The van der Waals surface area contributed by atoms with Gasteiger partial charge in [0.1, 0.15) is 5.75 Å². The minimum atomic E-state index is 0.0778. The molecule has 1 atom stereocenters. The molecule has 0 bridgehead atoms. The second-order valence-corrected chi connectivity index (χ2v) is 4.96. The Morgan fingerprint density at radius 3 is 2.48 bits per heavy atom. The maximum atomic E-state index is 10.0.